The molecule has 6 heteroatoms. The van der Waals surface area contributed by atoms with Crippen molar-refractivity contribution in [2.45, 2.75) is 25.0 Å². The Morgan fingerprint density at radius 3 is 2.40 bits per heavy atom. The van der Waals surface area contributed by atoms with E-state index in [9.17, 15) is 14.7 Å². The molecule has 1 saturated carbocycles. The standard InChI is InChI=1S/C9H13NO5/c11-6-4-15-3-5(6)10-7(12)9(1-2-9)8(13)14/h5-6,11H,1-4H2,(H,10,12)(H,13,14). The fraction of sp³-hybridized carbons (Fsp3) is 0.778. The average Bonchev–Trinajstić information content (AvgIpc) is 2.89. The van der Waals surface area contributed by atoms with Crippen molar-refractivity contribution in [3.63, 3.8) is 0 Å². The Morgan fingerprint density at radius 2 is 2.00 bits per heavy atom. The van der Waals surface area contributed by atoms with E-state index in [1.165, 1.54) is 0 Å². The molecule has 1 heterocycles. The molecule has 3 N–H and O–H groups in total. The molecule has 84 valence electrons. The molecule has 0 aromatic carbocycles. The van der Waals surface area contributed by atoms with Gasteiger partial charge < -0.3 is 20.3 Å². The molecular weight excluding hydrogens is 202 g/mol. The number of hydrogen-bond donors (Lipinski definition) is 3. The number of carbonyl (C=O) groups excluding carboxylic acids is 1. The van der Waals surface area contributed by atoms with Crippen molar-refractivity contribution in [1.29, 1.82) is 0 Å². The summed E-state index contributed by atoms with van der Waals surface area (Å²) in [5.74, 6) is -1.60. The lowest BCUT2D eigenvalue weighted by molar-refractivity contribution is -0.149. The molecule has 6 nitrogen and oxygen atoms in total. The number of carboxylic acid groups (broad SMARTS) is 1. The van der Waals surface area contributed by atoms with Crippen LogP contribution in [0.2, 0.25) is 0 Å². The van der Waals surface area contributed by atoms with E-state index in [0.717, 1.165) is 0 Å². The van der Waals surface area contributed by atoms with Gasteiger partial charge in [-0.1, -0.05) is 0 Å². The van der Waals surface area contributed by atoms with E-state index in [1.807, 2.05) is 0 Å². The minimum absolute atomic E-state index is 0.186. The molecule has 0 aromatic rings. The highest BCUT2D eigenvalue weighted by Gasteiger charge is 2.57. The molecule has 2 fully saturated rings. The zero-order valence-electron chi connectivity index (χ0n) is 8.10. The number of hydrogen-bond acceptors (Lipinski definition) is 4. The van der Waals surface area contributed by atoms with Gasteiger partial charge in [-0.25, -0.2) is 0 Å². The van der Waals surface area contributed by atoms with E-state index >= 15 is 0 Å². The Hall–Kier alpha value is -1.14. The lowest BCUT2D eigenvalue weighted by atomic mass is 10.1. The highest BCUT2D eigenvalue weighted by Crippen LogP contribution is 2.46. The number of ether oxygens (including phenoxy) is 1. The second kappa shape index (κ2) is 3.46. The van der Waals surface area contributed by atoms with Crippen LogP contribution in [0.25, 0.3) is 0 Å². The van der Waals surface area contributed by atoms with Crippen LogP contribution < -0.4 is 5.32 Å². The molecule has 2 atom stereocenters. The summed E-state index contributed by atoms with van der Waals surface area (Å²) >= 11 is 0. The first-order valence-electron chi connectivity index (χ1n) is 4.86. The van der Waals surface area contributed by atoms with Crippen LogP contribution >= 0.6 is 0 Å². The molecule has 1 saturated heterocycles. The molecule has 0 aromatic heterocycles. The lowest BCUT2D eigenvalue weighted by Gasteiger charge is -2.17. The van der Waals surface area contributed by atoms with Gasteiger partial charge in [-0.2, -0.15) is 0 Å². The normalized spacial score (nSPS) is 32.3. The summed E-state index contributed by atoms with van der Waals surface area (Å²) in [6.45, 7) is 0.424. The number of amides is 1. The van der Waals surface area contributed by atoms with Gasteiger partial charge in [0.1, 0.15) is 5.41 Å². The zero-order valence-corrected chi connectivity index (χ0v) is 8.10. The predicted octanol–water partition coefficient (Wildman–Crippen LogP) is -1.27. The first-order chi connectivity index (χ1) is 7.06. The van der Waals surface area contributed by atoms with E-state index in [2.05, 4.69) is 5.32 Å². The van der Waals surface area contributed by atoms with Crippen LogP contribution in [0.3, 0.4) is 0 Å². The fourth-order valence-corrected chi connectivity index (χ4v) is 1.65. The molecule has 15 heavy (non-hydrogen) atoms. The van der Waals surface area contributed by atoms with Crippen molar-refractivity contribution < 1.29 is 24.5 Å². The number of rotatable bonds is 3. The van der Waals surface area contributed by atoms with E-state index in [1.54, 1.807) is 0 Å². The Bertz CT molecular complexity index is 299. The number of carboxylic acids is 1. The van der Waals surface area contributed by atoms with Gasteiger partial charge in [-0.15, -0.1) is 0 Å². The van der Waals surface area contributed by atoms with Crippen LogP contribution in [0.5, 0.6) is 0 Å². The SMILES string of the molecule is O=C(O)C1(C(=O)NC2COCC2O)CC1. The Morgan fingerprint density at radius 1 is 1.33 bits per heavy atom. The molecule has 2 unspecified atom stereocenters. The second-order valence-corrected chi connectivity index (χ2v) is 4.07. The van der Waals surface area contributed by atoms with E-state index in [0.29, 0.717) is 12.8 Å². The van der Waals surface area contributed by atoms with Crippen LogP contribution in [0.15, 0.2) is 0 Å². The summed E-state index contributed by atoms with van der Waals surface area (Å²) in [6, 6.07) is -0.477. The third kappa shape index (κ3) is 1.70. The molecule has 1 amide bonds. The molecule has 0 bridgehead atoms. The Balaban J connectivity index is 1.95. The topological polar surface area (TPSA) is 95.9 Å². The number of nitrogens with one attached hydrogen (secondary N) is 1. The van der Waals surface area contributed by atoms with Crippen LogP contribution in [0, 0.1) is 5.41 Å². The van der Waals surface area contributed by atoms with Crippen LogP contribution in [-0.2, 0) is 14.3 Å². The monoisotopic (exact) mass is 215 g/mol. The van der Waals surface area contributed by atoms with Gasteiger partial charge in [0.05, 0.1) is 25.4 Å². The third-order valence-corrected chi connectivity index (χ3v) is 2.96. The summed E-state index contributed by atoms with van der Waals surface area (Å²) in [6.07, 6.45) is 0.00825. The molecule has 1 aliphatic heterocycles. The van der Waals surface area contributed by atoms with Gasteiger partial charge in [0.2, 0.25) is 5.91 Å². The van der Waals surface area contributed by atoms with Crippen LogP contribution in [-0.4, -0.2) is 47.4 Å². The molecule has 2 rings (SSSR count). The maximum Gasteiger partial charge on any atom is 0.319 e. The molecular formula is C9H13NO5. The van der Waals surface area contributed by atoms with Crippen molar-refractivity contribution >= 4 is 11.9 Å². The van der Waals surface area contributed by atoms with E-state index < -0.39 is 29.4 Å². The number of carbonyl (C=O) groups is 2. The smallest absolute Gasteiger partial charge is 0.319 e. The fourth-order valence-electron chi connectivity index (χ4n) is 1.65. The largest absolute Gasteiger partial charge is 0.480 e. The van der Waals surface area contributed by atoms with Crippen molar-refractivity contribution in [2.24, 2.45) is 5.41 Å². The maximum absolute atomic E-state index is 11.6. The second-order valence-electron chi connectivity index (χ2n) is 4.07. The number of aliphatic hydroxyl groups is 1. The third-order valence-electron chi connectivity index (χ3n) is 2.96. The van der Waals surface area contributed by atoms with Crippen molar-refractivity contribution in [3.05, 3.63) is 0 Å². The number of aliphatic carboxylic acids is 1. The average molecular weight is 215 g/mol. The van der Waals surface area contributed by atoms with E-state index in [4.69, 9.17) is 9.84 Å². The van der Waals surface area contributed by atoms with Gasteiger partial charge >= 0.3 is 5.97 Å². The summed E-state index contributed by atoms with van der Waals surface area (Å²) in [4.78, 5) is 22.4. The molecule has 1 aliphatic carbocycles. The molecule has 2 aliphatic rings. The van der Waals surface area contributed by atoms with Gasteiger partial charge in [0.25, 0.3) is 0 Å². The highest BCUT2D eigenvalue weighted by molar-refractivity contribution is 6.04. The van der Waals surface area contributed by atoms with Gasteiger partial charge in [-0.3, -0.25) is 9.59 Å². The van der Waals surface area contributed by atoms with Gasteiger partial charge in [0, 0.05) is 0 Å². The minimum atomic E-state index is -1.25. The predicted molar refractivity (Wildman–Crippen MR) is 48.1 cm³/mol. The summed E-state index contributed by atoms with van der Waals surface area (Å²) in [7, 11) is 0. The van der Waals surface area contributed by atoms with Gasteiger partial charge in [-0.05, 0) is 12.8 Å². The maximum atomic E-state index is 11.6. The molecule has 0 radical (unpaired) electrons. The van der Waals surface area contributed by atoms with Crippen molar-refractivity contribution in [1.82, 2.24) is 5.32 Å². The van der Waals surface area contributed by atoms with Crippen LogP contribution in [0.1, 0.15) is 12.8 Å². The van der Waals surface area contributed by atoms with E-state index in [-0.39, 0.29) is 13.2 Å². The van der Waals surface area contributed by atoms with Gasteiger partial charge in [0.15, 0.2) is 0 Å². The highest BCUT2D eigenvalue weighted by atomic mass is 16.5. The summed E-state index contributed by atoms with van der Waals surface area (Å²) in [5, 5.41) is 20.8. The Labute approximate surface area is 86.2 Å². The quantitative estimate of drug-likeness (QED) is 0.510. The zero-order chi connectivity index (χ0) is 11.1. The minimum Gasteiger partial charge on any atom is -0.480 e. The van der Waals surface area contributed by atoms with Crippen molar-refractivity contribution in [2.75, 3.05) is 13.2 Å². The van der Waals surface area contributed by atoms with Crippen molar-refractivity contribution in [3.8, 4) is 0 Å². The first kappa shape index (κ1) is 10.4. The molecule has 0 spiro atoms. The summed E-state index contributed by atoms with van der Waals surface area (Å²) in [5.41, 5.74) is -1.25. The lowest BCUT2D eigenvalue weighted by Crippen LogP contribution is -2.47. The number of aliphatic hydroxyl groups excluding tert-OH is 1. The Kier molecular flexibility index (Phi) is 2.40. The summed E-state index contributed by atoms with van der Waals surface area (Å²) < 4.78 is 4.95. The van der Waals surface area contributed by atoms with Crippen LogP contribution in [0.4, 0.5) is 0 Å². The first-order valence-corrected chi connectivity index (χ1v) is 4.86.